The summed E-state index contributed by atoms with van der Waals surface area (Å²) in [4.78, 5) is 35.8. The molecule has 0 saturated carbocycles. The average molecular weight is 374 g/mol. The zero-order valence-corrected chi connectivity index (χ0v) is 14.1. The van der Waals surface area contributed by atoms with Crippen LogP contribution in [0.3, 0.4) is 0 Å². The summed E-state index contributed by atoms with van der Waals surface area (Å²) in [5.74, 6) is -3.02. The third-order valence-electron chi connectivity index (χ3n) is 3.88. The lowest BCUT2D eigenvalue weighted by Crippen LogP contribution is -2.43. The maximum atomic E-state index is 12.4. The molecule has 1 heterocycles. The van der Waals surface area contributed by atoms with Crippen molar-refractivity contribution in [2.45, 2.75) is 10.9 Å². The molecule has 2 aromatic carbocycles. The van der Waals surface area contributed by atoms with E-state index in [0.717, 1.165) is 0 Å². The zero-order chi connectivity index (χ0) is 18.9. The topological polar surface area (TPSA) is 121 Å². The van der Waals surface area contributed by atoms with E-state index in [1.165, 1.54) is 36.4 Å². The number of amides is 2. The van der Waals surface area contributed by atoms with Crippen molar-refractivity contribution in [2.75, 3.05) is 6.54 Å². The van der Waals surface area contributed by atoms with E-state index in [4.69, 9.17) is 0 Å². The van der Waals surface area contributed by atoms with Crippen LogP contribution in [-0.2, 0) is 19.6 Å². The lowest BCUT2D eigenvalue weighted by Gasteiger charge is -2.18. The lowest BCUT2D eigenvalue weighted by molar-refractivity contribution is -0.142. The van der Waals surface area contributed by atoms with E-state index in [9.17, 15) is 27.9 Å². The summed E-state index contributed by atoms with van der Waals surface area (Å²) in [5, 5.41) is 11.6. The lowest BCUT2D eigenvalue weighted by atomic mass is 10.1. The van der Waals surface area contributed by atoms with Gasteiger partial charge in [-0.05, 0) is 17.7 Å². The van der Waals surface area contributed by atoms with Gasteiger partial charge in [0, 0.05) is 0 Å². The van der Waals surface area contributed by atoms with Crippen LogP contribution in [0.25, 0.3) is 0 Å². The van der Waals surface area contributed by atoms with Gasteiger partial charge < -0.3 is 10.4 Å². The van der Waals surface area contributed by atoms with Crippen LogP contribution in [0.5, 0.6) is 0 Å². The van der Waals surface area contributed by atoms with Crippen molar-refractivity contribution in [3.8, 4) is 0 Å². The number of carboxylic acid groups (broad SMARTS) is 1. The number of benzene rings is 2. The second kappa shape index (κ2) is 6.60. The number of sulfonamides is 1. The van der Waals surface area contributed by atoms with Gasteiger partial charge in [0.15, 0.2) is 6.04 Å². The third kappa shape index (κ3) is 3.04. The van der Waals surface area contributed by atoms with Crippen LogP contribution in [0.4, 0.5) is 0 Å². The molecule has 3 rings (SSSR count). The van der Waals surface area contributed by atoms with E-state index in [1.807, 2.05) is 0 Å². The molecular formula is C17H14N2O6S. The van der Waals surface area contributed by atoms with Gasteiger partial charge in [0.25, 0.3) is 15.9 Å². The quantitative estimate of drug-likeness (QED) is 0.798. The number of nitrogens with one attached hydrogen (secondary N) is 1. The fourth-order valence-electron chi connectivity index (χ4n) is 2.66. The van der Waals surface area contributed by atoms with Crippen LogP contribution in [-0.4, -0.2) is 42.2 Å². The SMILES string of the molecule is O=C(CN1C(=O)c2ccccc2S1(=O)=O)NC(C(=O)O)c1ccccc1. The van der Waals surface area contributed by atoms with E-state index in [-0.39, 0.29) is 10.5 Å². The van der Waals surface area contributed by atoms with Gasteiger partial charge in [0.05, 0.1) is 5.56 Å². The van der Waals surface area contributed by atoms with Crippen molar-refractivity contribution in [2.24, 2.45) is 0 Å². The molecule has 0 radical (unpaired) electrons. The molecule has 9 heteroatoms. The normalized spacial score (nSPS) is 16.0. The highest BCUT2D eigenvalue weighted by Gasteiger charge is 2.42. The summed E-state index contributed by atoms with van der Waals surface area (Å²) in [5.41, 5.74) is 0.311. The van der Waals surface area contributed by atoms with Crippen LogP contribution in [0.2, 0.25) is 0 Å². The molecule has 1 aliphatic heterocycles. The summed E-state index contributed by atoms with van der Waals surface area (Å²) in [6.45, 7) is -0.799. The molecule has 0 aromatic heterocycles. The van der Waals surface area contributed by atoms with Crippen LogP contribution < -0.4 is 5.32 Å². The van der Waals surface area contributed by atoms with Crippen molar-refractivity contribution in [3.05, 3.63) is 65.7 Å². The highest BCUT2D eigenvalue weighted by atomic mass is 32.2. The molecule has 0 spiro atoms. The first-order valence-electron chi connectivity index (χ1n) is 7.55. The molecule has 0 fully saturated rings. The Morgan fingerprint density at radius 2 is 1.65 bits per heavy atom. The molecule has 8 nitrogen and oxygen atoms in total. The fraction of sp³-hybridized carbons (Fsp3) is 0.118. The summed E-state index contributed by atoms with van der Waals surface area (Å²) in [6.07, 6.45) is 0. The molecule has 134 valence electrons. The average Bonchev–Trinajstić information content (AvgIpc) is 2.81. The first kappa shape index (κ1) is 17.6. The van der Waals surface area contributed by atoms with Crippen molar-refractivity contribution < 1.29 is 27.9 Å². The van der Waals surface area contributed by atoms with E-state index < -0.39 is 40.4 Å². The van der Waals surface area contributed by atoms with E-state index in [2.05, 4.69) is 5.32 Å². The maximum Gasteiger partial charge on any atom is 0.330 e. The summed E-state index contributed by atoms with van der Waals surface area (Å²) >= 11 is 0. The van der Waals surface area contributed by atoms with Crippen LogP contribution >= 0.6 is 0 Å². The number of carbonyl (C=O) groups is 3. The Morgan fingerprint density at radius 1 is 1.04 bits per heavy atom. The van der Waals surface area contributed by atoms with Crippen molar-refractivity contribution in [1.82, 2.24) is 9.62 Å². The Labute approximate surface area is 149 Å². The number of rotatable bonds is 5. The van der Waals surface area contributed by atoms with Gasteiger partial charge in [-0.15, -0.1) is 0 Å². The number of fused-ring (bicyclic) bond motifs is 1. The van der Waals surface area contributed by atoms with Crippen LogP contribution in [0, 0.1) is 0 Å². The number of nitrogens with zero attached hydrogens (tertiary/aromatic N) is 1. The molecule has 2 amide bonds. The van der Waals surface area contributed by atoms with E-state index >= 15 is 0 Å². The van der Waals surface area contributed by atoms with Crippen LogP contribution in [0.15, 0.2) is 59.5 Å². The van der Waals surface area contributed by atoms with Gasteiger partial charge >= 0.3 is 5.97 Å². The number of carboxylic acids is 1. The second-order valence-corrected chi connectivity index (χ2v) is 7.39. The minimum atomic E-state index is -4.14. The molecule has 26 heavy (non-hydrogen) atoms. The molecule has 0 bridgehead atoms. The molecule has 0 saturated heterocycles. The second-order valence-electron chi connectivity index (χ2n) is 5.56. The Hall–Kier alpha value is -3.20. The molecule has 1 atom stereocenters. The molecule has 1 aliphatic rings. The Balaban J connectivity index is 1.80. The van der Waals surface area contributed by atoms with Gasteiger partial charge in [0.1, 0.15) is 11.4 Å². The fourth-order valence-corrected chi connectivity index (χ4v) is 4.18. The predicted molar refractivity (Wildman–Crippen MR) is 89.6 cm³/mol. The van der Waals surface area contributed by atoms with E-state index in [0.29, 0.717) is 9.87 Å². The zero-order valence-electron chi connectivity index (χ0n) is 13.3. The van der Waals surface area contributed by atoms with Crippen LogP contribution in [0.1, 0.15) is 22.0 Å². The van der Waals surface area contributed by atoms with Gasteiger partial charge in [-0.1, -0.05) is 42.5 Å². The third-order valence-corrected chi connectivity index (χ3v) is 5.67. The molecular weight excluding hydrogens is 360 g/mol. The largest absolute Gasteiger partial charge is 0.479 e. The molecule has 0 aliphatic carbocycles. The van der Waals surface area contributed by atoms with Gasteiger partial charge in [-0.3, -0.25) is 9.59 Å². The van der Waals surface area contributed by atoms with Gasteiger partial charge in [-0.2, -0.15) is 0 Å². The minimum absolute atomic E-state index is 0.0156. The summed E-state index contributed by atoms with van der Waals surface area (Å²) in [7, 11) is -4.14. The molecule has 2 N–H and O–H groups in total. The number of hydrogen-bond donors (Lipinski definition) is 2. The number of aliphatic carboxylic acids is 1. The first-order valence-corrected chi connectivity index (χ1v) is 8.99. The smallest absolute Gasteiger partial charge is 0.330 e. The van der Waals surface area contributed by atoms with E-state index in [1.54, 1.807) is 18.2 Å². The van der Waals surface area contributed by atoms with Gasteiger partial charge in [-0.25, -0.2) is 17.5 Å². The van der Waals surface area contributed by atoms with Crippen molar-refractivity contribution in [1.29, 1.82) is 0 Å². The number of hydrogen-bond acceptors (Lipinski definition) is 5. The van der Waals surface area contributed by atoms with Crippen molar-refractivity contribution >= 4 is 27.8 Å². The Bertz CT molecular complexity index is 987. The highest BCUT2D eigenvalue weighted by molar-refractivity contribution is 7.90. The summed E-state index contributed by atoms with van der Waals surface area (Å²) < 4.78 is 25.3. The minimum Gasteiger partial charge on any atom is -0.479 e. The van der Waals surface area contributed by atoms with Crippen molar-refractivity contribution in [3.63, 3.8) is 0 Å². The predicted octanol–water partition coefficient (Wildman–Crippen LogP) is 0.773. The molecule has 1 unspecified atom stereocenters. The maximum absolute atomic E-state index is 12.4. The Kier molecular flexibility index (Phi) is 4.47. The Morgan fingerprint density at radius 3 is 2.27 bits per heavy atom. The monoisotopic (exact) mass is 374 g/mol. The van der Waals surface area contributed by atoms with Gasteiger partial charge in [0.2, 0.25) is 5.91 Å². The first-order chi connectivity index (χ1) is 12.3. The standard InChI is InChI=1S/C17H14N2O6S/c20-14(18-15(17(22)23)11-6-2-1-3-7-11)10-19-16(21)12-8-4-5-9-13(12)26(19,24)25/h1-9,15H,10H2,(H,18,20)(H,22,23). The summed E-state index contributed by atoms with van der Waals surface area (Å²) in [6, 6.07) is 12.2. The number of carbonyl (C=O) groups excluding carboxylic acids is 2. The highest BCUT2D eigenvalue weighted by Crippen LogP contribution is 2.29. The molecule has 2 aromatic rings.